The molecule has 0 N–H and O–H groups in total. The van der Waals surface area contributed by atoms with E-state index in [2.05, 4.69) is 24.8 Å². The van der Waals surface area contributed by atoms with Gasteiger partial charge in [0.1, 0.15) is 0 Å². The van der Waals surface area contributed by atoms with Crippen LogP contribution in [0.3, 0.4) is 0 Å². The van der Waals surface area contributed by atoms with Crippen LogP contribution in [0.25, 0.3) is 0 Å². The zero-order chi connectivity index (χ0) is 13.7. The fourth-order valence-electron chi connectivity index (χ4n) is 2.91. The molecule has 106 valence electrons. The van der Waals surface area contributed by atoms with E-state index in [9.17, 15) is 4.79 Å². The lowest BCUT2D eigenvalue weighted by Crippen LogP contribution is -2.42. The topological polar surface area (TPSA) is 20.3 Å². The molecule has 0 saturated carbocycles. The normalized spacial score (nSPS) is 20.6. The molecule has 1 unspecified atom stereocenters. The summed E-state index contributed by atoms with van der Waals surface area (Å²) in [5, 5.41) is 0. The van der Waals surface area contributed by atoms with Gasteiger partial charge in [0.15, 0.2) is 5.78 Å². The van der Waals surface area contributed by atoms with Gasteiger partial charge in [0.25, 0.3) is 0 Å². The Balaban J connectivity index is 1.96. The predicted molar refractivity (Wildman–Crippen MR) is 82.1 cm³/mol. The molecule has 0 aliphatic carbocycles. The number of aryl methyl sites for hydroxylation is 1. The highest BCUT2D eigenvalue weighted by atomic mass is 32.1. The Bertz CT molecular complexity index is 411. The van der Waals surface area contributed by atoms with Crippen molar-refractivity contribution in [3.05, 3.63) is 21.9 Å². The molecule has 0 amide bonds. The molecule has 1 aromatic rings. The quantitative estimate of drug-likeness (QED) is 0.729. The summed E-state index contributed by atoms with van der Waals surface area (Å²) < 4.78 is 0. The van der Waals surface area contributed by atoms with Gasteiger partial charge >= 0.3 is 0 Å². The van der Waals surface area contributed by atoms with Crippen molar-refractivity contribution >= 4 is 17.1 Å². The van der Waals surface area contributed by atoms with Crippen molar-refractivity contribution in [2.45, 2.75) is 58.4 Å². The smallest absolute Gasteiger partial charge is 0.186 e. The van der Waals surface area contributed by atoms with Crippen molar-refractivity contribution in [3.8, 4) is 0 Å². The maximum absolute atomic E-state index is 12.4. The second-order valence-electron chi connectivity index (χ2n) is 5.45. The van der Waals surface area contributed by atoms with Crippen molar-refractivity contribution < 1.29 is 4.79 Å². The van der Waals surface area contributed by atoms with Crippen LogP contribution in [0.4, 0.5) is 0 Å². The number of likely N-dealkylation sites (tertiary alicyclic amines) is 1. The number of piperidine rings is 1. The lowest BCUT2D eigenvalue weighted by atomic mass is 9.98. The third-order valence-corrected chi connectivity index (χ3v) is 5.27. The van der Waals surface area contributed by atoms with Crippen LogP contribution < -0.4 is 0 Å². The lowest BCUT2D eigenvalue weighted by Gasteiger charge is -2.35. The van der Waals surface area contributed by atoms with Crippen molar-refractivity contribution in [2.24, 2.45) is 0 Å². The maximum atomic E-state index is 12.4. The molecule has 2 nitrogen and oxygen atoms in total. The largest absolute Gasteiger partial charge is 0.293 e. The molecule has 2 heterocycles. The molecule has 3 heteroatoms. The van der Waals surface area contributed by atoms with Crippen LogP contribution in [0.2, 0.25) is 0 Å². The van der Waals surface area contributed by atoms with E-state index in [1.165, 1.54) is 37.0 Å². The predicted octanol–water partition coefficient (Wildman–Crippen LogP) is 4.15. The first-order valence-corrected chi connectivity index (χ1v) is 8.42. The second kappa shape index (κ2) is 7.20. The van der Waals surface area contributed by atoms with Crippen molar-refractivity contribution in [3.63, 3.8) is 0 Å². The number of hydrogen-bond donors (Lipinski definition) is 0. The molecule has 0 spiro atoms. The Labute approximate surface area is 120 Å². The van der Waals surface area contributed by atoms with Crippen LogP contribution in [-0.2, 0) is 6.42 Å². The fourth-order valence-corrected chi connectivity index (χ4v) is 3.79. The molecule has 1 fully saturated rings. The average molecular weight is 279 g/mol. The Hall–Kier alpha value is -0.670. The molecular formula is C16H25NOS. The Kier molecular flexibility index (Phi) is 5.59. The van der Waals surface area contributed by atoms with Gasteiger partial charge in [-0.15, -0.1) is 11.3 Å². The van der Waals surface area contributed by atoms with E-state index in [1.54, 1.807) is 11.3 Å². The van der Waals surface area contributed by atoms with Gasteiger partial charge in [-0.2, -0.15) is 0 Å². The number of hydrogen-bond acceptors (Lipinski definition) is 3. The zero-order valence-corrected chi connectivity index (χ0v) is 13.0. The monoisotopic (exact) mass is 279 g/mol. The third-order valence-electron chi connectivity index (χ3n) is 4.00. The van der Waals surface area contributed by atoms with E-state index in [-0.39, 0.29) is 0 Å². The highest BCUT2D eigenvalue weighted by Gasteiger charge is 2.24. The van der Waals surface area contributed by atoms with Gasteiger partial charge in [0, 0.05) is 10.9 Å². The van der Waals surface area contributed by atoms with Gasteiger partial charge < -0.3 is 0 Å². The fraction of sp³-hybridized carbons (Fsp3) is 0.688. The summed E-state index contributed by atoms with van der Waals surface area (Å²) in [5.41, 5.74) is 0. The van der Waals surface area contributed by atoms with Gasteiger partial charge in [-0.05, 0) is 44.4 Å². The van der Waals surface area contributed by atoms with Crippen LogP contribution in [0.5, 0.6) is 0 Å². The van der Waals surface area contributed by atoms with Crippen molar-refractivity contribution in [1.82, 2.24) is 4.90 Å². The SMILES string of the molecule is CCCC1CCCCN1CC(=O)c1ccc(CC)s1. The summed E-state index contributed by atoms with van der Waals surface area (Å²) in [5.74, 6) is 0.313. The van der Waals surface area contributed by atoms with E-state index >= 15 is 0 Å². The molecule has 1 saturated heterocycles. The van der Waals surface area contributed by atoms with E-state index in [4.69, 9.17) is 0 Å². The molecule has 1 aromatic heterocycles. The first-order valence-electron chi connectivity index (χ1n) is 7.60. The summed E-state index contributed by atoms with van der Waals surface area (Å²) >= 11 is 1.67. The second-order valence-corrected chi connectivity index (χ2v) is 6.62. The summed E-state index contributed by atoms with van der Waals surface area (Å²) in [6.07, 6.45) is 7.32. The number of carbonyl (C=O) groups excluding carboxylic acids is 1. The standard InChI is InChI=1S/C16H25NOS/c1-3-7-13-8-5-6-11-17(13)12-15(18)16-10-9-14(4-2)19-16/h9-10,13H,3-8,11-12H2,1-2H3. The molecule has 0 bridgehead atoms. The lowest BCUT2D eigenvalue weighted by molar-refractivity contribution is 0.0835. The number of nitrogens with zero attached hydrogens (tertiary/aromatic N) is 1. The third kappa shape index (κ3) is 3.90. The van der Waals surface area contributed by atoms with Gasteiger partial charge in [0.2, 0.25) is 0 Å². The van der Waals surface area contributed by atoms with Gasteiger partial charge in [-0.25, -0.2) is 0 Å². The van der Waals surface area contributed by atoms with Crippen LogP contribution in [-0.4, -0.2) is 29.8 Å². The molecular weight excluding hydrogens is 254 g/mol. The van der Waals surface area contributed by atoms with E-state index in [0.717, 1.165) is 17.8 Å². The number of thiophene rings is 1. The summed E-state index contributed by atoms with van der Waals surface area (Å²) in [6.45, 7) is 6.10. The first-order chi connectivity index (χ1) is 9.24. The van der Waals surface area contributed by atoms with E-state index in [0.29, 0.717) is 18.4 Å². The Morgan fingerprint density at radius 3 is 2.89 bits per heavy atom. The molecule has 19 heavy (non-hydrogen) atoms. The van der Waals surface area contributed by atoms with Gasteiger partial charge in [0.05, 0.1) is 11.4 Å². The number of rotatable bonds is 6. The Morgan fingerprint density at radius 2 is 2.21 bits per heavy atom. The van der Waals surface area contributed by atoms with Crippen LogP contribution >= 0.6 is 11.3 Å². The minimum absolute atomic E-state index is 0.313. The van der Waals surface area contributed by atoms with Gasteiger partial charge in [-0.3, -0.25) is 9.69 Å². The molecule has 1 atom stereocenters. The van der Waals surface area contributed by atoms with Crippen molar-refractivity contribution in [2.75, 3.05) is 13.1 Å². The summed E-state index contributed by atoms with van der Waals surface area (Å²) in [7, 11) is 0. The van der Waals surface area contributed by atoms with Crippen LogP contribution in [0.1, 0.15) is 60.5 Å². The highest BCUT2D eigenvalue weighted by Crippen LogP contribution is 2.23. The van der Waals surface area contributed by atoms with Crippen LogP contribution in [0.15, 0.2) is 12.1 Å². The molecule has 1 aliphatic rings. The van der Waals surface area contributed by atoms with Crippen molar-refractivity contribution in [1.29, 1.82) is 0 Å². The molecule has 0 radical (unpaired) electrons. The number of Topliss-reactive ketones (excluding diaryl/α,β-unsaturated/α-hetero) is 1. The molecule has 1 aliphatic heterocycles. The number of carbonyl (C=O) groups is 1. The minimum atomic E-state index is 0.313. The summed E-state index contributed by atoms with van der Waals surface area (Å²) in [6, 6.07) is 4.73. The highest BCUT2D eigenvalue weighted by molar-refractivity contribution is 7.14. The van der Waals surface area contributed by atoms with E-state index < -0.39 is 0 Å². The maximum Gasteiger partial charge on any atom is 0.186 e. The zero-order valence-electron chi connectivity index (χ0n) is 12.2. The van der Waals surface area contributed by atoms with E-state index in [1.807, 2.05) is 6.07 Å². The van der Waals surface area contributed by atoms with Gasteiger partial charge in [-0.1, -0.05) is 26.7 Å². The Morgan fingerprint density at radius 1 is 1.37 bits per heavy atom. The minimum Gasteiger partial charge on any atom is -0.293 e. The summed E-state index contributed by atoms with van der Waals surface area (Å²) in [4.78, 5) is 17.0. The van der Waals surface area contributed by atoms with Crippen LogP contribution in [0, 0.1) is 0 Å². The average Bonchev–Trinajstić information content (AvgIpc) is 2.90. The molecule has 2 rings (SSSR count). The molecule has 0 aromatic carbocycles. The first kappa shape index (κ1) is 14.7. The number of ketones is 1.